The van der Waals surface area contributed by atoms with Crippen molar-refractivity contribution in [2.75, 3.05) is 19.0 Å². The number of hydrogen-bond donors (Lipinski definition) is 1. The van der Waals surface area contributed by atoms with Gasteiger partial charge in [0.25, 0.3) is 0 Å². The molecular formula is C16H18BrN3O. The molecule has 1 aromatic carbocycles. The van der Waals surface area contributed by atoms with E-state index in [1.54, 1.807) is 0 Å². The number of ether oxygens (including phenoxy) is 1. The number of hydrogen-bond acceptors (Lipinski definition) is 4. The van der Waals surface area contributed by atoms with Gasteiger partial charge in [0.15, 0.2) is 0 Å². The molecule has 1 aliphatic heterocycles. The van der Waals surface area contributed by atoms with Gasteiger partial charge in [-0.1, -0.05) is 30.3 Å². The van der Waals surface area contributed by atoms with Crippen LogP contribution < -0.4 is 5.32 Å². The van der Waals surface area contributed by atoms with Gasteiger partial charge in [0, 0.05) is 25.6 Å². The quantitative estimate of drug-likeness (QED) is 0.916. The van der Waals surface area contributed by atoms with Crippen molar-refractivity contribution in [1.29, 1.82) is 0 Å². The first-order chi connectivity index (χ1) is 10.3. The zero-order valence-corrected chi connectivity index (χ0v) is 13.6. The van der Waals surface area contributed by atoms with Crippen LogP contribution in [0.1, 0.15) is 18.7 Å². The summed E-state index contributed by atoms with van der Waals surface area (Å²) >= 11 is 3.61. The molecule has 0 aliphatic carbocycles. The second kappa shape index (κ2) is 6.54. The van der Waals surface area contributed by atoms with E-state index in [4.69, 9.17) is 9.72 Å². The van der Waals surface area contributed by atoms with Crippen LogP contribution in [-0.2, 0) is 11.2 Å². The summed E-state index contributed by atoms with van der Waals surface area (Å²) < 4.78 is 6.59. The Bertz CT molecular complexity index is 612. The van der Waals surface area contributed by atoms with Gasteiger partial charge in [-0.3, -0.25) is 0 Å². The number of benzene rings is 1. The van der Waals surface area contributed by atoms with E-state index in [0.29, 0.717) is 0 Å². The van der Waals surface area contributed by atoms with Gasteiger partial charge >= 0.3 is 0 Å². The first kappa shape index (κ1) is 14.5. The Morgan fingerprint density at radius 1 is 1.29 bits per heavy atom. The molecule has 0 spiro atoms. The number of aromatic nitrogens is 2. The zero-order chi connectivity index (χ0) is 14.7. The van der Waals surface area contributed by atoms with Gasteiger partial charge in [0.1, 0.15) is 11.6 Å². The van der Waals surface area contributed by atoms with E-state index in [1.807, 2.05) is 25.2 Å². The molecule has 1 aliphatic rings. The van der Waals surface area contributed by atoms with E-state index in [-0.39, 0.29) is 6.10 Å². The Labute approximate surface area is 133 Å². The van der Waals surface area contributed by atoms with E-state index in [0.717, 1.165) is 53.2 Å². The molecule has 2 heterocycles. The summed E-state index contributed by atoms with van der Waals surface area (Å²) in [6.45, 7) is 0.853. The number of anilines is 1. The van der Waals surface area contributed by atoms with Crippen molar-refractivity contribution in [3.63, 3.8) is 0 Å². The number of halogens is 1. The van der Waals surface area contributed by atoms with Crippen LogP contribution in [0.5, 0.6) is 0 Å². The van der Waals surface area contributed by atoms with Crippen LogP contribution in [0.4, 0.5) is 5.82 Å². The van der Waals surface area contributed by atoms with Crippen molar-refractivity contribution in [1.82, 2.24) is 9.97 Å². The van der Waals surface area contributed by atoms with Gasteiger partial charge in [-0.25, -0.2) is 9.97 Å². The van der Waals surface area contributed by atoms with Gasteiger partial charge in [0.05, 0.1) is 16.3 Å². The van der Waals surface area contributed by atoms with Gasteiger partial charge in [-0.05, 0) is 28.8 Å². The summed E-state index contributed by atoms with van der Waals surface area (Å²) in [7, 11) is 1.87. The first-order valence-electron chi connectivity index (χ1n) is 7.19. The Kier molecular flexibility index (Phi) is 4.51. The largest absolute Gasteiger partial charge is 0.378 e. The van der Waals surface area contributed by atoms with Crippen molar-refractivity contribution in [2.24, 2.45) is 0 Å². The average Bonchev–Trinajstić information content (AvgIpc) is 3.02. The molecule has 0 saturated carbocycles. The van der Waals surface area contributed by atoms with Crippen molar-refractivity contribution in [2.45, 2.75) is 25.4 Å². The smallest absolute Gasteiger partial charge is 0.144 e. The minimum absolute atomic E-state index is 0.250. The fourth-order valence-electron chi connectivity index (χ4n) is 2.55. The molecule has 3 rings (SSSR count). The molecule has 4 nitrogen and oxygen atoms in total. The third kappa shape index (κ3) is 3.24. The molecule has 110 valence electrons. The molecule has 1 atom stereocenters. The van der Waals surface area contributed by atoms with E-state index < -0.39 is 0 Å². The predicted octanol–water partition coefficient (Wildman–Crippen LogP) is 3.67. The molecule has 0 radical (unpaired) electrons. The van der Waals surface area contributed by atoms with Gasteiger partial charge in [-0.2, -0.15) is 0 Å². The van der Waals surface area contributed by atoms with E-state index in [2.05, 4.69) is 38.4 Å². The third-order valence-corrected chi connectivity index (χ3v) is 4.37. The molecule has 21 heavy (non-hydrogen) atoms. The molecule has 0 amide bonds. The lowest BCUT2D eigenvalue weighted by molar-refractivity contribution is 0.110. The molecule has 2 aromatic rings. The Morgan fingerprint density at radius 2 is 2.10 bits per heavy atom. The summed E-state index contributed by atoms with van der Waals surface area (Å²) in [4.78, 5) is 9.33. The highest BCUT2D eigenvalue weighted by Gasteiger charge is 2.20. The van der Waals surface area contributed by atoms with Crippen molar-refractivity contribution < 1.29 is 4.74 Å². The van der Waals surface area contributed by atoms with Gasteiger partial charge in [0.2, 0.25) is 0 Å². The minimum atomic E-state index is 0.250. The van der Waals surface area contributed by atoms with Crippen LogP contribution in [0.25, 0.3) is 11.3 Å². The highest BCUT2D eigenvalue weighted by Crippen LogP contribution is 2.31. The topological polar surface area (TPSA) is 47.0 Å². The van der Waals surface area contributed by atoms with Crippen molar-refractivity contribution in [3.05, 3.63) is 40.6 Å². The number of nitrogens with zero attached hydrogens (tertiary/aromatic N) is 2. The summed E-state index contributed by atoms with van der Waals surface area (Å²) in [5.41, 5.74) is 2.00. The lowest BCUT2D eigenvalue weighted by atomic mass is 10.1. The maximum atomic E-state index is 5.69. The van der Waals surface area contributed by atoms with Crippen LogP contribution in [0.3, 0.4) is 0 Å². The minimum Gasteiger partial charge on any atom is -0.378 e. The maximum Gasteiger partial charge on any atom is 0.144 e. The fourth-order valence-corrected chi connectivity index (χ4v) is 3.15. The van der Waals surface area contributed by atoms with Crippen LogP contribution in [0.2, 0.25) is 0 Å². The monoisotopic (exact) mass is 347 g/mol. The summed E-state index contributed by atoms with van der Waals surface area (Å²) in [6, 6.07) is 10.2. The van der Waals surface area contributed by atoms with Crippen LogP contribution in [0, 0.1) is 0 Å². The summed E-state index contributed by atoms with van der Waals surface area (Å²) in [6.07, 6.45) is 3.24. The molecule has 1 fully saturated rings. The molecular weight excluding hydrogens is 330 g/mol. The second-order valence-electron chi connectivity index (χ2n) is 5.11. The SMILES string of the molecule is CNc1nc(CC2CCCO2)nc(-c2ccccc2)c1Br. The fraction of sp³-hybridized carbons (Fsp3) is 0.375. The van der Waals surface area contributed by atoms with E-state index in [1.165, 1.54) is 0 Å². The lowest BCUT2D eigenvalue weighted by Crippen LogP contribution is -2.13. The van der Waals surface area contributed by atoms with Crippen molar-refractivity contribution in [3.8, 4) is 11.3 Å². The Morgan fingerprint density at radius 3 is 2.76 bits per heavy atom. The Hall–Kier alpha value is -1.46. The van der Waals surface area contributed by atoms with E-state index in [9.17, 15) is 0 Å². The molecule has 1 aromatic heterocycles. The average molecular weight is 348 g/mol. The summed E-state index contributed by atoms with van der Waals surface area (Å²) in [5, 5.41) is 3.13. The molecule has 5 heteroatoms. The summed E-state index contributed by atoms with van der Waals surface area (Å²) in [5.74, 6) is 1.64. The molecule has 1 saturated heterocycles. The first-order valence-corrected chi connectivity index (χ1v) is 7.98. The standard InChI is InChI=1S/C16H18BrN3O/c1-18-16-14(17)15(11-6-3-2-4-7-11)19-13(20-16)10-12-8-5-9-21-12/h2-4,6-7,12H,5,8-10H2,1H3,(H,18,19,20). The van der Waals surface area contributed by atoms with Gasteiger partial charge < -0.3 is 10.1 Å². The number of rotatable bonds is 4. The van der Waals surface area contributed by atoms with E-state index >= 15 is 0 Å². The van der Waals surface area contributed by atoms with Gasteiger partial charge in [-0.15, -0.1) is 0 Å². The number of nitrogens with one attached hydrogen (secondary N) is 1. The van der Waals surface area contributed by atoms with Crippen LogP contribution in [-0.4, -0.2) is 29.7 Å². The third-order valence-electron chi connectivity index (χ3n) is 3.62. The lowest BCUT2D eigenvalue weighted by Gasteiger charge is -2.13. The normalized spacial score (nSPS) is 17.9. The Balaban J connectivity index is 1.98. The molecule has 1 unspecified atom stereocenters. The molecule has 0 bridgehead atoms. The highest BCUT2D eigenvalue weighted by atomic mass is 79.9. The maximum absolute atomic E-state index is 5.69. The molecule has 1 N–H and O–H groups in total. The van der Waals surface area contributed by atoms with Crippen LogP contribution in [0.15, 0.2) is 34.8 Å². The zero-order valence-electron chi connectivity index (χ0n) is 12.0. The predicted molar refractivity (Wildman–Crippen MR) is 87.4 cm³/mol. The second-order valence-corrected chi connectivity index (χ2v) is 5.90. The highest BCUT2D eigenvalue weighted by molar-refractivity contribution is 9.10. The van der Waals surface area contributed by atoms with Crippen LogP contribution >= 0.6 is 15.9 Å². The van der Waals surface area contributed by atoms with Crippen molar-refractivity contribution >= 4 is 21.7 Å².